The molecule has 0 radical (unpaired) electrons. The molecular formula is C29H27N3O5. The lowest BCUT2D eigenvalue weighted by Crippen LogP contribution is -2.15. The summed E-state index contributed by atoms with van der Waals surface area (Å²) < 4.78 is 25.2. The molecule has 0 fully saturated rings. The van der Waals surface area contributed by atoms with Crippen molar-refractivity contribution in [3.63, 3.8) is 0 Å². The molecule has 2 aromatic heterocycles. The first-order chi connectivity index (χ1) is 18.1. The van der Waals surface area contributed by atoms with Gasteiger partial charge in [0.05, 0.1) is 47.9 Å². The Labute approximate surface area is 215 Å². The molecule has 37 heavy (non-hydrogen) atoms. The molecule has 0 N–H and O–H groups in total. The van der Waals surface area contributed by atoms with Gasteiger partial charge < -0.3 is 23.5 Å². The molecule has 1 aliphatic rings. The van der Waals surface area contributed by atoms with Gasteiger partial charge in [-0.3, -0.25) is 4.98 Å². The minimum Gasteiger partial charge on any atom is -0.490 e. The van der Waals surface area contributed by atoms with Gasteiger partial charge in [-0.25, -0.2) is 4.79 Å². The molecule has 188 valence electrons. The first-order valence-electron chi connectivity index (χ1n) is 12.4. The highest BCUT2D eigenvalue weighted by Gasteiger charge is 2.28. The van der Waals surface area contributed by atoms with Crippen LogP contribution in [0.15, 0.2) is 48.7 Å². The number of ether oxygens (including phenoxy) is 4. The van der Waals surface area contributed by atoms with Crippen molar-refractivity contribution in [3.8, 4) is 40.3 Å². The molecule has 2 aromatic carbocycles. The van der Waals surface area contributed by atoms with Gasteiger partial charge in [0.25, 0.3) is 0 Å². The fourth-order valence-corrected chi connectivity index (χ4v) is 4.69. The molecule has 1 aliphatic heterocycles. The number of carbonyl (C=O) groups excluding carboxylic acids is 1. The van der Waals surface area contributed by atoms with Gasteiger partial charge in [-0.1, -0.05) is 18.2 Å². The Balaban J connectivity index is 1.57. The van der Waals surface area contributed by atoms with E-state index in [-0.39, 0.29) is 5.56 Å². The average Bonchev–Trinajstić information content (AvgIpc) is 3.32. The Hall–Kier alpha value is -4.51. The number of nitrogens with zero attached hydrogens (tertiary/aromatic N) is 3. The van der Waals surface area contributed by atoms with Crippen LogP contribution in [-0.4, -0.2) is 35.3 Å². The maximum absolute atomic E-state index is 13.4. The molecule has 0 amide bonds. The molecule has 0 atom stereocenters. The Morgan fingerprint density at radius 3 is 2.38 bits per heavy atom. The van der Waals surface area contributed by atoms with Gasteiger partial charge in [-0.15, -0.1) is 0 Å². The third-order valence-electron chi connectivity index (χ3n) is 6.18. The van der Waals surface area contributed by atoms with Crippen LogP contribution >= 0.6 is 0 Å². The van der Waals surface area contributed by atoms with E-state index in [1.165, 1.54) is 0 Å². The molecule has 0 saturated heterocycles. The number of hydrogen-bond acceptors (Lipinski definition) is 7. The van der Waals surface area contributed by atoms with E-state index in [4.69, 9.17) is 23.9 Å². The normalized spacial score (nSPS) is 11.8. The molecule has 0 aliphatic carbocycles. The standard InChI is InChI=1S/C29H27N3O5/c1-4-34-24-15-18(16-25(35-5-2)28(24)36-6-3)29(33)37-23-12-14-32-13-11-22-26(27(23)32)20(17-30)19-9-7-8-10-21(19)31-22/h7-10,12,14-16H,4-6,11,13H2,1-3H3. The van der Waals surface area contributed by atoms with Gasteiger partial charge in [0, 0.05) is 30.1 Å². The number of benzene rings is 2. The predicted octanol–water partition coefficient (Wildman–Crippen LogP) is 5.55. The highest BCUT2D eigenvalue weighted by Crippen LogP contribution is 2.42. The first-order valence-corrected chi connectivity index (χ1v) is 12.4. The third kappa shape index (κ3) is 4.33. The maximum atomic E-state index is 13.4. The summed E-state index contributed by atoms with van der Waals surface area (Å²) in [6, 6.07) is 14.9. The fraction of sp³-hybridized carbons (Fsp3) is 0.276. The van der Waals surface area contributed by atoms with Gasteiger partial charge >= 0.3 is 5.97 Å². The summed E-state index contributed by atoms with van der Waals surface area (Å²) >= 11 is 0. The number of carbonyl (C=O) groups is 1. The number of esters is 1. The average molecular weight is 498 g/mol. The van der Waals surface area contributed by atoms with Gasteiger partial charge in [0.1, 0.15) is 6.07 Å². The number of rotatable bonds is 8. The second-order valence-corrected chi connectivity index (χ2v) is 8.40. The quantitative estimate of drug-likeness (QED) is 0.295. The molecule has 0 saturated carbocycles. The van der Waals surface area contributed by atoms with Crippen LogP contribution in [0.5, 0.6) is 23.0 Å². The van der Waals surface area contributed by atoms with E-state index >= 15 is 0 Å². The molecule has 0 spiro atoms. The number of fused-ring (bicyclic) bond motifs is 4. The molecule has 3 heterocycles. The van der Waals surface area contributed by atoms with Crippen molar-refractivity contribution in [2.24, 2.45) is 0 Å². The number of pyridine rings is 1. The Kier molecular flexibility index (Phi) is 6.69. The molecule has 0 bridgehead atoms. The second-order valence-electron chi connectivity index (χ2n) is 8.40. The van der Waals surface area contributed by atoms with Gasteiger partial charge in [0.15, 0.2) is 17.2 Å². The molecule has 8 heteroatoms. The number of nitriles is 1. The smallest absolute Gasteiger partial charge is 0.343 e. The molecule has 4 aromatic rings. The van der Waals surface area contributed by atoms with E-state index in [9.17, 15) is 10.1 Å². The van der Waals surface area contributed by atoms with Crippen LogP contribution in [-0.2, 0) is 13.0 Å². The Morgan fingerprint density at radius 1 is 1.00 bits per heavy atom. The van der Waals surface area contributed by atoms with Crippen LogP contribution < -0.4 is 18.9 Å². The number of aryl methyl sites for hydroxylation is 2. The zero-order valence-electron chi connectivity index (χ0n) is 21.0. The highest BCUT2D eigenvalue weighted by atomic mass is 16.5. The SMILES string of the molecule is CCOc1cc(C(=O)Oc2ccn3c2-c2c(nc4ccccc4c2C#N)CC3)cc(OCC)c1OCC. The summed E-state index contributed by atoms with van der Waals surface area (Å²) in [5, 5.41) is 10.9. The monoisotopic (exact) mass is 497 g/mol. The lowest BCUT2D eigenvalue weighted by Gasteiger charge is -2.22. The number of hydrogen-bond donors (Lipinski definition) is 0. The van der Waals surface area contributed by atoms with Crippen LogP contribution in [0.25, 0.3) is 22.2 Å². The summed E-state index contributed by atoms with van der Waals surface area (Å²) in [6.45, 7) is 7.46. The van der Waals surface area contributed by atoms with Crippen molar-refractivity contribution in [3.05, 3.63) is 65.5 Å². The fourth-order valence-electron chi connectivity index (χ4n) is 4.69. The lowest BCUT2D eigenvalue weighted by atomic mass is 9.95. The maximum Gasteiger partial charge on any atom is 0.343 e. The zero-order chi connectivity index (χ0) is 25.9. The van der Waals surface area contributed by atoms with Crippen LogP contribution in [0.4, 0.5) is 0 Å². The summed E-state index contributed by atoms with van der Waals surface area (Å²) in [5.41, 5.74) is 3.76. The summed E-state index contributed by atoms with van der Waals surface area (Å²) in [5.74, 6) is 1.07. The lowest BCUT2D eigenvalue weighted by molar-refractivity contribution is 0.0734. The largest absolute Gasteiger partial charge is 0.490 e. The van der Waals surface area contributed by atoms with E-state index in [0.29, 0.717) is 72.6 Å². The van der Waals surface area contributed by atoms with Crippen molar-refractivity contribution in [2.75, 3.05) is 19.8 Å². The van der Waals surface area contributed by atoms with Crippen LogP contribution in [0.1, 0.15) is 42.4 Å². The van der Waals surface area contributed by atoms with Crippen LogP contribution in [0.2, 0.25) is 0 Å². The highest BCUT2D eigenvalue weighted by molar-refractivity contribution is 5.96. The van der Waals surface area contributed by atoms with Crippen molar-refractivity contribution < 1.29 is 23.7 Å². The number of aromatic nitrogens is 2. The summed E-state index contributed by atoms with van der Waals surface area (Å²) in [6.07, 6.45) is 2.55. The zero-order valence-corrected chi connectivity index (χ0v) is 21.0. The predicted molar refractivity (Wildman–Crippen MR) is 138 cm³/mol. The van der Waals surface area contributed by atoms with Crippen molar-refractivity contribution >= 4 is 16.9 Å². The van der Waals surface area contributed by atoms with Gasteiger partial charge in [0.2, 0.25) is 5.75 Å². The third-order valence-corrected chi connectivity index (χ3v) is 6.18. The summed E-state index contributed by atoms with van der Waals surface area (Å²) in [4.78, 5) is 18.2. The van der Waals surface area contributed by atoms with E-state index in [1.54, 1.807) is 18.2 Å². The van der Waals surface area contributed by atoms with Crippen molar-refractivity contribution in [2.45, 2.75) is 33.7 Å². The van der Waals surface area contributed by atoms with Crippen LogP contribution in [0, 0.1) is 11.3 Å². The number of para-hydroxylation sites is 1. The molecule has 0 unspecified atom stereocenters. The van der Waals surface area contributed by atoms with Gasteiger partial charge in [-0.2, -0.15) is 5.26 Å². The minimum atomic E-state index is -0.571. The second kappa shape index (κ2) is 10.2. The van der Waals surface area contributed by atoms with E-state index in [1.807, 2.05) is 55.8 Å². The van der Waals surface area contributed by atoms with E-state index < -0.39 is 5.97 Å². The van der Waals surface area contributed by atoms with Gasteiger partial charge in [-0.05, 0) is 45.0 Å². The molecule has 8 nitrogen and oxygen atoms in total. The van der Waals surface area contributed by atoms with Crippen molar-refractivity contribution in [1.29, 1.82) is 5.26 Å². The molecule has 5 rings (SSSR count). The topological polar surface area (TPSA) is 95.6 Å². The van der Waals surface area contributed by atoms with Crippen molar-refractivity contribution in [1.82, 2.24) is 9.55 Å². The van der Waals surface area contributed by atoms with E-state index in [0.717, 1.165) is 16.6 Å². The summed E-state index contributed by atoms with van der Waals surface area (Å²) in [7, 11) is 0. The molecular weight excluding hydrogens is 470 g/mol. The first kappa shape index (κ1) is 24.2. The Morgan fingerprint density at radius 2 is 1.70 bits per heavy atom. The minimum absolute atomic E-state index is 0.267. The van der Waals surface area contributed by atoms with Crippen LogP contribution in [0.3, 0.4) is 0 Å². The van der Waals surface area contributed by atoms with E-state index in [2.05, 4.69) is 6.07 Å². The Bertz CT molecular complexity index is 1510.